The van der Waals surface area contributed by atoms with Crippen LogP contribution in [0.4, 0.5) is 0 Å². The number of benzene rings is 2. The van der Waals surface area contributed by atoms with Crippen LogP contribution in [-0.2, 0) is 31.5 Å². The van der Waals surface area contributed by atoms with Crippen molar-refractivity contribution in [2.75, 3.05) is 6.54 Å². The minimum Gasteiger partial charge on any atom is -0.481 e. The molecule has 0 bridgehead atoms. The van der Waals surface area contributed by atoms with Crippen LogP contribution in [0.3, 0.4) is 0 Å². The first-order valence-electron chi connectivity index (χ1n) is 9.91. The van der Waals surface area contributed by atoms with Gasteiger partial charge in [0.15, 0.2) is 0 Å². The fourth-order valence-electron chi connectivity index (χ4n) is 2.90. The molecule has 1 amide bonds. The summed E-state index contributed by atoms with van der Waals surface area (Å²) in [6, 6.07) is 18.9. The Bertz CT molecular complexity index is 815. The summed E-state index contributed by atoms with van der Waals surface area (Å²) >= 11 is 0. The van der Waals surface area contributed by atoms with Gasteiger partial charge in [0.05, 0.1) is 6.42 Å². The van der Waals surface area contributed by atoms with Crippen LogP contribution in [0.15, 0.2) is 60.7 Å². The number of amides is 1. The summed E-state index contributed by atoms with van der Waals surface area (Å²) in [4.78, 5) is 23.1. The lowest BCUT2D eigenvalue weighted by molar-refractivity contribution is -0.137. The lowest BCUT2D eigenvalue weighted by atomic mass is 10.1. The van der Waals surface area contributed by atoms with Gasteiger partial charge in [-0.3, -0.25) is 14.2 Å². The highest BCUT2D eigenvalue weighted by Gasteiger charge is 2.25. The first kappa shape index (κ1) is 23.8. The molecule has 30 heavy (non-hydrogen) atoms. The van der Waals surface area contributed by atoms with Crippen molar-refractivity contribution in [3.05, 3.63) is 71.8 Å². The van der Waals surface area contributed by atoms with E-state index in [-0.39, 0.29) is 19.4 Å². The molecule has 0 spiro atoms. The average molecular weight is 433 g/mol. The van der Waals surface area contributed by atoms with Gasteiger partial charge in [0.2, 0.25) is 13.9 Å². The van der Waals surface area contributed by atoms with E-state index >= 15 is 0 Å². The molecular formula is C22H28NO6P. The zero-order valence-electron chi connectivity index (χ0n) is 16.7. The number of carbonyl (C=O) groups excluding carboxylic acids is 1. The molecule has 2 aromatic rings. The van der Waals surface area contributed by atoms with Gasteiger partial charge in [-0.25, -0.2) is 0 Å². The number of hydrogen-bond acceptors (Lipinski definition) is 5. The summed E-state index contributed by atoms with van der Waals surface area (Å²) in [5.74, 6) is -2.73. The van der Waals surface area contributed by atoms with Crippen LogP contribution in [0.5, 0.6) is 0 Å². The molecule has 0 heterocycles. The van der Waals surface area contributed by atoms with Crippen LogP contribution >= 0.6 is 8.03 Å². The standard InChI is InChI=1S/C22H28NO6P/c24-20(25)14-15-23-22(27)19(16-18-10-5-2-6-11-18)29-30(28)21(26)13-7-12-17-8-3-1-4-9-17/h1-6,8-11,19,21,26,30H,7,12-16H2,(H,23,27)(H,24,25)/t19?,21-/m0/s1. The number of aliphatic hydroxyl groups excluding tert-OH is 1. The molecule has 7 nitrogen and oxygen atoms in total. The molecule has 0 saturated heterocycles. The van der Waals surface area contributed by atoms with Crippen molar-refractivity contribution in [1.29, 1.82) is 0 Å². The molecule has 0 aromatic heterocycles. The summed E-state index contributed by atoms with van der Waals surface area (Å²) in [5.41, 5.74) is 1.94. The number of aryl methyl sites for hydroxylation is 1. The van der Waals surface area contributed by atoms with E-state index in [1.165, 1.54) is 0 Å². The average Bonchev–Trinajstić information content (AvgIpc) is 2.74. The predicted octanol–water partition coefficient (Wildman–Crippen LogP) is 3.02. The maximum Gasteiger partial charge on any atom is 0.305 e. The number of carboxylic acids is 1. The lowest BCUT2D eigenvalue weighted by Crippen LogP contribution is -2.38. The van der Waals surface area contributed by atoms with E-state index in [0.29, 0.717) is 12.8 Å². The van der Waals surface area contributed by atoms with E-state index in [4.69, 9.17) is 9.63 Å². The smallest absolute Gasteiger partial charge is 0.305 e. The van der Waals surface area contributed by atoms with E-state index in [1.54, 1.807) is 0 Å². The third-order valence-corrected chi connectivity index (χ3v) is 5.86. The zero-order chi connectivity index (χ0) is 21.8. The number of aliphatic carboxylic acids is 1. The first-order chi connectivity index (χ1) is 14.5. The molecule has 0 fully saturated rings. The van der Waals surface area contributed by atoms with E-state index in [2.05, 4.69) is 5.32 Å². The number of rotatable bonds is 13. The minimum atomic E-state index is -2.90. The molecule has 2 unspecified atom stereocenters. The number of carboxylic acid groups (broad SMARTS) is 1. The fourth-order valence-corrected chi connectivity index (χ4v) is 3.97. The fraction of sp³-hybridized carbons (Fsp3) is 0.364. The summed E-state index contributed by atoms with van der Waals surface area (Å²) < 4.78 is 18.0. The molecule has 8 heteroatoms. The van der Waals surface area contributed by atoms with Gasteiger partial charge in [-0.1, -0.05) is 60.7 Å². The van der Waals surface area contributed by atoms with Crippen LogP contribution in [0.1, 0.15) is 30.4 Å². The van der Waals surface area contributed by atoms with E-state index in [0.717, 1.165) is 17.5 Å². The molecule has 3 N–H and O–H groups in total. The van der Waals surface area contributed by atoms with E-state index in [9.17, 15) is 19.3 Å². The molecule has 0 radical (unpaired) electrons. The van der Waals surface area contributed by atoms with Gasteiger partial charge in [-0.05, 0) is 30.4 Å². The second-order valence-electron chi connectivity index (χ2n) is 6.94. The largest absolute Gasteiger partial charge is 0.481 e. The van der Waals surface area contributed by atoms with Gasteiger partial charge in [0, 0.05) is 13.0 Å². The van der Waals surface area contributed by atoms with Crippen molar-refractivity contribution in [1.82, 2.24) is 5.32 Å². The molecule has 0 aliphatic rings. The van der Waals surface area contributed by atoms with Crippen molar-refractivity contribution >= 4 is 19.9 Å². The van der Waals surface area contributed by atoms with E-state index < -0.39 is 31.9 Å². The second-order valence-corrected chi connectivity index (χ2v) is 8.48. The molecular weight excluding hydrogens is 405 g/mol. The molecule has 2 aromatic carbocycles. The van der Waals surface area contributed by atoms with Gasteiger partial charge in [0.25, 0.3) is 0 Å². The van der Waals surface area contributed by atoms with Crippen LogP contribution in [0, 0.1) is 0 Å². The monoisotopic (exact) mass is 433 g/mol. The highest BCUT2D eigenvalue weighted by molar-refractivity contribution is 7.39. The molecule has 2 rings (SSSR count). The molecule has 162 valence electrons. The lowest BCUT2D eigenvalue weighted by Gasteiger charge is -2.19. The highest BCUT2D eigenvalue weighted by atomic mass is 31.1. The number of carbonyl (C=O) groups is 2. The highest BCUT2D eigenvalue weighted by Crippen LogP contribution is 2.33. The van der Waals surface area contributed by atoms with Crippen LogP contribution in [0.25, 0.3) is 0 Å². The maximum absolute atomic E-state index is 12.5. The Hall–Kier alpha value is -2.47. The van der Waals surface area contributed by atoms with Crippen molar-refractivity contribution in [3.8, 4) is 0 Å². The summed E-state index contributed by atoms with van der Waals surface area (Å²) in [7, 11) is -2.90. The van der Waals surface area contributed by atoms with Crippen LogP contribution < -0.4 is 5.32 Å². The third kappa shape index (κ3) is 8.91. The van der Waals surface area contributed by atoms with Gasteiger partial charge < -0.3 is 20.1 Å². The maximum atomic E-state index is 12.5. The summed E-state index contributed by atoms with van der Waals surface area (Å²) in [6.45, 7) is -0.0522. The molecule has 0 aliphatic heterocycles. The van der Waals surface area contributed by atoms with E-state index in [1.807, 2.05) is 60.7 Å². The third-order valence-electron chi connectivity index (χ3n) is 4.51. The Labute approximate surface area is 177 Å². The number of nitrogens with one attached hydrogen (secondary N) is 1. The van der Waals surface area contributed by atoms with Crippen molar-refractivity contribution in [2.45, 2.75) is 44.1 Å². The summed E-state index contributed by atoms with van der Waals surface area (Å²) in [6.07, 6.45) is 0.561. The molecule has 0 aliphatic carbocycles. The van der Waals surface area contributed by atoms with Gasteiger partial charge in [-0.2, -0.15) is 0 Å². The Balaban J connectivity index is 1.90. The van der Waals surface area contributed by atoms with Crippen molar-refractivity contribution < 1.29 is 28.9 Å². The Kier molecular flexibility index (Phi) is 10.3. The zero-order valence-corrected chi connectivity index (χ0v) is 17.7. The molecule has 3 atom stereocenters. The topological polar surface area (TPSA) is 113 Å². The van der Waals surface area contributed by atoms with Crippen molar-refractivity contribution in [3.63, 3.8) is 0 Å². The quantitative estimate of drug-likeness (QED) is 0.419. The Morgan fingerprint density at radius 3 is 2.20 bits per heavy atom. The second kappa shape index (κ2) is 13.0. The molecule has 0 saturated carbocycles. The number of hydrogen-bond donors (Lipinski definition) is 3. The Morgan fingerprint density at radius 1 is 1.00 bits per heavy atom. The van der Waals surface area contributed by atoms with Crippen LogP contribution in [-0.4, -0.2) is 40.6 Å². The normalized spacial score (nSPS) is 13.9. The SMILES string of the molecule is O=C(O)CCNC(=O)C(Cc1ccccc1)O[PH](=O)[C@H](O)CCCc1ccccc1. The Morgan fingerprint density at radius 2 is 1.60 bits per heavy atom. The predicted molar refractivity (Wildman–Crippen MR) is 115 cm³/mol. The van der Waals surface area contributed by atoms with Gasteiger partial charge in [-0.15, -0.1) is 0 Å². The number of aliphatic hydroxyl groups is 1. The van der Waals surface area contributed by atoms with Gasteiger partial charge in [0.1, 0.15) is 11.9 Å². The minimum absolute atomic E-state index is 0.0522. The first-order valence-corrected chi connectivity index (χ1v) is 11.3. The summed E-state index contributed by atoms with van der Waals surface area (Å²) in [5, 5.41) is 21.5. The van der Waals surface area contributed by atoms with Crippen molar-refractivity contribution in [2.24, 2.45) is 0 Å². The van der Waals surface area contributed by atoms with Gasteiger partial charge >= 0.3 is 5.97 Å². The van der Waals surface area contributed by atoms with Crippen LogP contribution in [0.2, 0.25) is 0 Å².